The third kappa shape index (κ3) is 3.79. The normalized spacial score (nSPS) is 17.9. The third-order valence-electron chi connectivity index (χ3n) is 4.36. The second-order valence-corrected chi connectivity index (χ2v) is 6.25. The molecule has 2 aromatic rings. The van der Waals surface area contributed by atoms with E-state index in [0.717, 1.165) is 18.3 Å². The van der Waals surface area contributed by atoms with Crippen molar-refractivity contribution < 1.29 is 27.2 Å². The summed E-state index contributed by atoms with van der Waals surface area (Å²) in [6, 6.07) is 4.26. The van der Waals surface area contributed by atoms with E-state index >= 15 is 0 Å². The summed E-state index contributed by atoms with van der Waals surface area (Å²) >= 11 is 0. The summed E-state index contributed by atoms with van der Waals surface area (Å²) in [7, 11) is 1.61. The van der Waals surface area contributed by atoms with Crippen molar-refractivity contribution in [1.29, 1.82) is 0 Å². The molecule has 1 fully saturated rings. The summed E-state index contributed by atoms with van der Waals surface area (Å²) in [6.07, 6.45) is -3.75. The van der Waals surface area contributed by atoms with Crippen molar-refractivity contribution in [3.63, 3.8) is 0 Å². The van der Waals surface area contributed by atoms with E-state index < -0.39 is 40.9 Å². The predicted octanol–water partition coefficient (Wildman–Crippen LogP) is 2.38. The van der Waals surface area contributed by atoms with Gasteiger partial charge in [-0.2, -0.15) is 18.3 Å². The highest BCUT2D eigenvalue weighted by Gasteiger charge is 2.41. The van der Waals surface area contributed by atoms with Crippen molar-refractivity contribution in [2.45, 2.75) is 25.1 Å². The number of nitrogens with one attached hydrogen (secondary N) is 1. The maximum absolute atomic E-state index is 13.9. The lowest BCUT2D eigenvalue weighted by Gasteiger charge is -2.29. The number of halogens is 4. The van der Waals surface area contributed by atoms with Crippen molar-refractivity contribution >= 4 is 11.8 Å². The Kier molecular flexibility index (Phi) is 4.90. The Balaban J connectivity index is 1.93. The van der Waals surface area contributed by atoms with Crippen LogP contribution in [0.5, 0.6) is 0 Å². The van der Waals surface area contributed by atoms with Crippen LogP contribution in [0.1, 0.15) is 28.9 Å². The molecule has 10 heteroatoms. The number of likely N-dealkylation sites (tertiary alicyclic amines) is 1. The van der Waals surface area contributed by atoms with E-state index in [1.165, 1.54) is 17.0 Å². The number of benzene rings is 1. The van der Waals surface area contributed by atoms with Gasteiger partial charge < -0.3 is 10.2 Å². The highest BCUT2D eigenvalue weighted by atomic mass is 19.4. The lowest BCUT2D eigenvalue weighted by Crippen LogP contribution is -2.46. The molecular weight excluding hydrogens is 368 g/mol. The number of piperidine rings is 1. The number of aromatic nitrogens is 2. The average molecular weight is 384 g/mol. The van der Waals surface area contributed by atoms with Crippen LogP contribution in [0.4, 0.5) is 17.6 Å². The first-order chi connectivity index (χ1) is 12.7. The van der Waals surface area contributed by atoms with Gasteiger partial charge in [0.25, 0.3) is 5.91 Å². The van der Waals surface area contributed by atoms with Crippen LogP contribution in [-0.2, 0) is 11.0 Å². The van der Waals surface area contributed by atoms with Crippen molar-refractivity contribution in [2.75, 3.05) is 13.6 Å². The summed E-state index contributed by atoms with van der Waals surface area (Å²) in [5.74, 6) is -2.11. The van der Waals surface area contributed by atoms with Gasteiger partial charge in [0.1, 0.15) is 11.5 Å². The van der Waals surface area contributed by atoms with E-state index in [0.29, 0.717) is 17.6 Å². The fraction of sp³-hybridized carbons (Fsp3) is 0.353. The first-order valence-electron chi connectivity index (χ1n) is 8.13. The Hall–Kier alpha value is -2.91. The van der Waals surface area contributed by atoms with Crippen molar-refractivity contribution in [1.82, 2.24) is 20.0 Å². The predicted molar refractivity (Wildman–Crippen MR) is 86.6 cm³/mol. The van der Waals surface area contributed by atoms with E-state index in [1.54, 1.807) is 7.05 Å². The number of hydrogen-bond donors (Lipinski definition) is 1. The highest BCUT2D eigenvalue weighted by molar-refractivity contribution is 5.96. The lowest BCUT2D eigenvalue weighted by molar-refractivity contribution is -0.143. The number of hydrogen-bond acceptors (Lipinski definition) is 3. The maximum Gasteiger partial charge on any atom is 0.434 e. The molecule has 0 spiro atoms. The summed E-state index contributed by atoms with van der Waals surface area (Å²) in [5, 5.41) is 6.02. The van der Waals surface area contributed by atoms with Gasteiger partial charge in [0.05, 0.1) is 11.8 Å². The Labute approximate surface area is 151 Å². The number of carbonyl (C=O) groups is 2. The smallest absolute Gasteiger partial charge is 0.349 e. The average Bonchev–Trinajstić information content (AvgIpc) is 3.04. The SMILES string of the molecule is CN1CC[C@@H](NC(=O)c2cnn(-c3ccccc3F)c2C(F)(F)F)CC1=O. The van der Waals surface area contributed by atoms with E-state index in [2.05, 4.69) is 10.4 Å². The molecule has 1 aliphatic rings. The molecule has 1 saturated heterocycles. The number of alkyl halides is 3. The molecule has 6 nitrogen and oxygen atoms in total. The second-order valence-electron chi connectivity index (χ2n) is 6.25. The zero-order chi connectivity index (χ0) is 19.8. The van der Waals surface area contributed by atoms with Gasteiger partial charge in [-0.1, -0.05) is 12.1 Å². The van der Waals surface area contributed by atoms with Crippen LogP contribution >= 0.6 is 0 Å². The van der Waals surface area contributed by atoms with E-state index in [1.807, 2.05) is 0 Å². The second kappa shape index (κ2) is 7.01. The van der Waals surface area contributed by atoms with Crippen molar-refractivity contribution in [3.8, 4) is 5.69 Å². The molecule has 144 valence electrons. The van der Waals surface area contributed by atoms with E-state index in [9.17, 15) is 27.2 Å². The summed E-state index contributed by atoms with van der Waals surface area (Å²) < 4.78 is 55.1. The van der Waals surface area contributed by atoms with E-state index in [-0.39, 0.29) is 12.3 Å². The molecule has 2 amide bonds. The monoisotopic (exact) mass is 384 g/mol. The third-order valence-corrected chi connectivity index (χ3v) is 4.36. The summed E-state index contributed by atoms with van der Waals surface area (Å²) in [5.41, 5.74) is -2.51. The number of para-hydroxylation sites is 1. The standard InChI is InChI=1S/C17H16F4N4O2/c1-24-7-6-10(8-14(24)26)23-16(27)11-9-22-25(15(11)17(19,20)21)13-5-3-2-4-12(13)18/h2-5,9-10H,6-8H2,1H3,(H,23,27)/t10-/m1/s1. The van der Waals surface area contributed by atoms with Gasteiger partial charge in [0.15, 0.2) is 5.69 Å². The minimum Gasteiger partial charge on any atom is -0.349 e. The molecule has 2 heterocycles. The van der Waals surface area contributed by atoms with Crippen LogP contribution in [0.3, 0.4) is 0 Å². The van der Waals surface area contributed by atoms with Gasteiger partial charge >= 0.3 is 6.18 Å². The molecule has 0 radical (unpaired) electrons. The summed E-state index contributed by atoms with van der Waals surface area (Å²) in [6.45, 7) is 0.393. The molecule has 1 aromatic carbocycles. The topological polar surface area (TPSA) is 67.2 Å². The molecule has 0 bridgehead atoms. The zero-order valence-electron chi connectivity index (χ0n) is 14.3. The van der Waals surface area contributed by atoms with Gasteiger partial charge in [-0.05, 0) is 18.6 Å². The Bertz CT molecular complexity index is 878. The highest BCUT2D eigenvalue weighted by Crippen LogP contribution is 2.34. The van der Waals surface area contributed by atoms with Gasteiger partial charge in [-0.15, -0.1) is 0 Å². The molecule has 1 atom stereocenters. The van der Waals surface area contributed by atoms with Crippen LogP contribution in [0, 0.1) is 5.82 Å². The number of rotatable bonds is 3. The largest absolute Gasteiger partial charge is 0.434 e. The van der Waals surface area contributed by atoms with Crippen LogP contribution in [0.2, 0.25) is 0 Å². The van der Waals surface area contributed by atoms with E-state index in [4.69, 9.17) is 0 Å². The first kappa shape index (κ1) is 18.9. The molecule has 1 aliphatic heterocycles. The minimum absolute atomic E-state index is 0.00500. The van der Waals surface area contributed by atoms with Crippen molar-refractivity contribution in [2.24, 2.45) is 0 Å². The Morgan fingerprint density at radius 1 is 1.30 bits per heavy atom. The fourth-order valence-electron chi connectivity index (χ4n) is 2.92. The molecular formula is C17H16F4N4O2. The molecule has 1 N–H and O–H groups in total. The van der Waals surface area contributed by atoms with Crippen LogP contribution in [0.25, 0.3) is 5.69 Å². The van der Waals surface area contributed by atoms with Gasteiger partial charge in [-0.3, -0.25) is 9.59 Å². The van der Waals surface area contributed by atoms with Crippen LogP contribution < -0.4 is 5.32 Å². The molecule has 0 unspecified atom stereocenters. The Morgan fingerprint density at radius 3 is 2.63 bits per heavy atom. The number of carbonyl (C=O) groups excluding carboxylic acids is 2. The van der Waals surface area contributed by atoms with Crippen LogP contribution in [0.15, 0.2) is 30.5 Å². The van der Waals surface area contributed by atoms with Gasteiger partial charge in [-0.25, -0.2) is 9.07 Å². The lowest BCUT2D eigenvalue weighted by atomic mass is 10.0. The fourth-order valence-corrected chi connectivity index (χ4v) is 2.92. The number of amides is 2. The number of nitrogens with zero attached hydrogens (tertiary/aromatic N) is 3. The van der Waals surface area contributed by atoms with Gasteiger partial charge in [0, 0.05) is 26.1 Å². The maximum atomic E-state index is 13.9. The molecule has 0 saturated carbocycles. The quantitative estimate of drug-likeness (QED) is 0.827. The molecule has 27 heavy (non-hydrogen) atoms. The minimum atomic E-state index is -4.94. The summed E-state index contributed by atoms with van der Waals surface area (Å²) in [4.78, 5) is 25.6. The first-order valence-corrected chi connectivity index (χ1v) is 8.13. The molecule has 0 aliphatic carbocycles. The molecule has 3 rings (SSSR count). The molecule has 1 aromatic heterocycles. The van der Waals surface area contributed by atoms with Crippen molar-refractivity contribution in [3.05, 3.63) is 47.5 Å². The zero-order valence-corrected chi connectivity index (χ0v) is 14.3. The Morgan fingerprint density at radius 2 is 2.00 bits per heavy atom. The van der Waals surface area contributed by atoms with Crippen LogP contribution in [-0.4, -0.2) is 46.1 Å². The van der Waals surface area contributed by atoms with Gasteiger partial charge in [0.2, 0.25) is 5.91 Å².